The van der Waals surface area contributed by atoms with Crippen LogP contribution in [0.4, 0.5) is 0 Å². The monoisotopic (exact) mass is 418 g/mol. The molecule has 1 atom stereocenters. The first kappa shape index (κ1) is 20.9. The maximum atomic E-state index is 5.58. The van der Waals surface area contributed by atoms with Crippen molar-refractivity contribution in [1.82, 2.24) is 4.98 Å². The van der Waals surface area contributed by atoms with Crippen LogP contribution >= 0.6 is 24.2 Å². The molecule has 29 heavy (non-hydrogen) atoms. The molecule has 1 unspecified atom stereocenters. The molecule has 3 nitrogen and oxygen atoms in total. The highest BCUT2D eigenvalue weighted by Gasteiger charge is 2.19. The van der Waals surface area contributed by atoms with Crippen LogP contribution in [0.2, 0.25) is 0 Å². The number of benzene rings is 3. The SMILES string of the molecule is C#Cc1cccc(CC(c2ccccc2)c2nc3ccc(OC)cc3s2)c1.NS. The van der Waals surface area contributed by atoms with Gasteiger partial charge in [-0.15, -0.1) is 30.6 Å². The average Bonchev–Trinajstić information content (AvgIpc) is 3.22. The Morgan fingerprint density at radius 3 is 2.59 bits per heavy atom. The Morgan fingerprint density at radius 2 is 1.86 bits per heavy atom. The Morgan fingerprint density at radius 1 is 1.07 bits per heavy atom. The van der Waals surface area contributed by atoms with E-state index in [1.165, 1.54) is 11.1 Å². The first-order chi connectivity index (χ1) is 14.3. The van der Waals surface area contributed by atoms with Crippen LogP contribution in [0, 0.1) is 12.3 Å². The summed E-state index contributed by atoms with van der Waals surface area (Å²) in [6.45, 7) is 0. The van der Waals surface area contributed by atoms with Gasteiger partial charge < -0.3 is 4.74 Å². The van der Waals surface area contributed by atoms with E-state index in [-0.39, 0.29) is 5.92 Å². The molecule has 0 fully saturated rings. The van der Waals surface area contributed by atoms with Gasteiger partial charge in [0.25, 0.3) is 0 Å². The van der Waals surface area contributed by atoms with E-state index in [1.807, 2.05) is 30.3 Å². The Hall–Kier alpha value is -2.78. The summed E-state index contributed by atoms with van der Waals surface area (Å²) in [6, 6.07) is 24.8. The minimum Gasteiger partial charge on any atom is -0.497 e. The fraction of sp³-hybridized carbons (Fsp3) is 0.125. The normalized spacial score (nSPS) is 11.2. The zero-order chi connectivity index (χ0) is 20.6. The van der Waals surface area contributed by atoms with E-state index in [4.69, 9.17) is 16.1 Å². The van der Waals surface area contributed by atoms with Gasteiger partial charge in [0.2, 0.25) is 0 Å². The van der Waals surface area contributed by atoms with Crippen molar-refractivity contribution in [2.45, 2.75) is 12.3 Å². The second-order valence-electron chi connectivity index (χ2n) is 6.40. The summed E-state index contributed by atoms with van der Waals surface area (Å²) in [4.78, 5) is 4.93. The maximum Gasteiger partial charge on any atom is 0.120 e. The summed E-state index contributed by atoms with van der Waals surface area (Å²) in [6.07, 6.45) is 6.44. The molecule has 3 aromatic carbocycles. The fourth-order valence-corrected chi connectivity index (χ4v) is 4.38. The van der Waals surface area contributed by atoms with Crippen molar-refractivity contribution in [2.75, 3.05) is 7.11 Å². The molecule has 0 radical (unpaired) electrons. The quantitative estimate of drug-likeness (QED) is 0.335. The lowest BCUT2D eigenvalue weighted by molar-refractivity contribution is 0.415. The number of thiol groups is 1. The van der Waals surface area contributed by atoms with Crippen molar-refractivity contribution in [3.63, 3.8) is 0 Å². The third-order valence-corrected chi connectivity index (χ3v) is 5.78. The summed E-state index contributed by atoms with van der Waals surface area (Å²) in [7, 11) is 1.69. The Balaban J connectivity index is 0.00000117. The highest BCUT2D eigenvalue weighted by atomic mass is 32.1. The summed E-state index contributed by atoms with van der Waals surface area (Å²) >= 11 is 4.76. The van der Waals surface area contributed by atoms with Crippen LogP contribution in [0.3, 0.4) is 0 Å². The van der Waals surface area contributed by atoms with E-state index in [1.54, 1.807) is 18.4 Å². The van der Waals surface area contributed by atoms with Crippen LogP contribution in [0.1, 0.15) is 27.6 Å². The van der Waals surface area contributed by atoms with Crippen molar-refractivity contribution >= 4 is 34.4 Å². The van der Waals surface area contributed by atoms with E-state index < -0.39 is 0 Å². The van der Waals surface area contributed by atoms with E-state index in [0.29, 0.717) is 0 Å². The largest absolute Gasteiger partial charge is 0.497 e. The molecule has 0 bridgehead atoms. The van der Waals surface area contributed by atoms with Crippen LogP contribution in [0.15, 0.2) is 72.8 Å². The molecule has 0 saturated heterocycles. The van der Waals surface area contributed by atoms with Gasteiger partial charge in [0, 0.05) is 11.5 Å². The minimum atomic E-state index is 0.183. The summed E-state index contributed by atoms with van der Waals surface area (Å²) in [5.41, 5.74) is 4.40. The zero-order valence-corrected chi connectivity index (χ0v) is 17.8. The second kappa shape index (κ2) is 10.1. The topological polar surface area (TPSA) is 48.1 Å². The molecule has 0 aliphatic heterocycles. The number of fused-ring (bicyclic) bond motifs is 1. The zero-order valence-electron chi connectivity index (χ0n) is 16.1. The Bertz CT molecular complexity index is 1120. The lowest BCUT2D eigenvalue weighted by Crippen LogP contribution is -2.05. The molecular formula is C24H22N2OS2. The molecule has 1 heterocycles. The van der Waals surface area contributed by atoms with Crippen molar-refractivity contribution in [2.24, 2.45) is 5.14 Å². The van der Waals surface area contributed by atoms with Gasteiger partial charge >= 0.3 is 0 Å². The van der Waals surface area contributed by atoms with Gasteiger partial charge in [-0.25, -0.2) is 4.98 Å². The molecule has 0 aliphatic rings. The first-order valence-electron chi connectivity index (χ1n) is 9.07. The molecule has 0 saturated carbocycles. The smallest absolute Gasteiger partial charge is 0.120 e. The van der Waals surface area contributed by atoms with Gasteiger partial charge in [-0.1, -0.05) is 48.4 Å². The lowest BCUT2D eigenvalue weighted by atomic mass is 9.92. The number of rotatable bonds is 5. The van der Waals surface area contributed by atoms with Gasteiger partial charge in [-0.3, -0.25) is 5.14 Å². The summed E-state index contributed by atoms with van der Waals surface area (Å²) in [5, 5.41) is 5.30. The van der Waals surface area contributed by atoms with Gasteiger partial charge in [0.15, 0.2) is 0 Å². The average molecular weight is 419 g/mol. The van der Waals surface area contributed by atoms with E-state index >= 15 is 0 Å². The second-order valence-corrected chi connectivity index (χ2v) is 7.46. The molecule has 146 valence electrons. The molecule has 2 N–H and O–H groups in total. The van der Waals surface area contributed by atoms with E-state index in [0.717, 1.165) is 33.0 Å². The molecule has 0 spiro atoms. The van der Waals surface area contributed by atoms with Gasteiger partial charge in [0.1, 0.15) is 10.8 Å². The van der Waals surface area contributed by atoms with Crippen molar-refractivity contribution in [3.8, 4) is 18.1 Å². The molecule has 0 amide bonds. The summed E-state index contributed by atoms with van der Waals surface area (Å²) in [5.74, 6) is 3.77. The molecule has 4 aromatic rings. The number of aromatic nitrogens is 1. The number of nitrogens with zero attached hydrogens (tertiary/aromatic N) is 1. The molecule has 0 aliphatic carbocycles. The van der Waals surface area contributed by atoms with Crippen molar-refractivity contribution in [1.29, 1.82) is 0 Å². The highest BCUT2D eigenvalue weighted by molar-refractivity contribution is 7.77. The Kier molecular flexibility index (Phi) is 7.31. The highest BCUT2D eigenvalue weighted by Crippen LogP contribution is 2.35. The predicted molar refractivity (Wildman–Crippen MR) is 126 cm³/mol. The minimum absolute atomic E-state index is 0.183. The first-order valence-corrected chi connectivity index (χ1v) is 10.4. The number of ether oxygens (including phenoxy) is 1. The van der Waals surface area contributed by atoms with Crippen LogP contribution in [-0.2, 0) is 6.42 Å². The molecule has 5 heteroatoms. The summed E-state index contributed by atoms with van der Waals surface area (Å²) < 4.78 is 6.50. The van der Waals surface area contributed by atoms with Gasteiger partial charge in [0.05, 0.1) is 17.3 Å². The predicted octanol–water partition coefficient (Wildman–Crippen LogP) is 5.45. The third kappa shape index (κ3) is 4.99. The van der Waals surface area contributed by atoms with Crippen molar-refractivity contribution in [3.05, 3.63) is 94.5 Å². The van der Waals surface area contributed by atoms with E-state index in [2.05, 4.69) is 66.3 Å². The van der Waals surface area contributed by atoms with Crippen LogP contribution in [0.25, 0.3) is 10.2 Å². The molecule has 4 rings (SSSR count). The molecular weight excluding hydrogens is 396 g/mol. The number of methoxy groups -OCH3 is 1. The van der Waals surface area contributed by atoms with Crippen LogP contribution in [0.5, 0.6) is 5.75 Å². The number of thiazole rings is 1. The Labute approximate surface area is 181 Å². The van der Waals surface area contributed by atoms with Crippen LogP contribution in [-0.4, -0.2) is 12.1 Å². The third-order valence-electron chi connectivity index (χ3n) is 4.65. The van der Waals surface area contributed by atoms with Gasteiger partial charge in [-0.05, 0) is 47.9 Å². The number of hydrogen-bond acceptors (Lipinski definition) is 5. The van der Waals surface area contributed by atoms with Gasteiger partial charge in [-0.2, -0.15) is 0 Å². The number of nitrogens with two attached hydrogens (primary N) is 1. The van der Waals surface area contributed by atoms with Crippen LogP contribution < -0.4 is 9.88 Å². The number of terminal acetylenes is 1. The molecule has 1 aromatic heterocycles. The lowest BCUT2D eigenvalue weighted by Gasteiger charge is -2.15. The standard InChI is InChI=1S/C24H19NOS.H3NS/c1-3-17-8-7-9-18(14-17)15-21(19-10-5-4-6-11-19)24-25-22-13-12-20(26-2)16-23(22)27-24;1-2/h1,4-14,16,21H,15H2,2H3;2H,1H2. The van der Waals surface area contributed by atoms with Crippen molar-refractivity contribution < 1.29 is 4.74 Å². The fourth-order valence-electron chi connectivity index (χ4n) is 3.26. The van der Waals surface area contributed by atoms with E-state index in [9.17, 15) is 0 Å². The maximum absolute atomic E-state index is 5.58. The number of hydrogen-bond donors (Lipinski definition) is 2.